The number of aromatic nitrogens is 1. The molecule has 0 fully saturated rings. The van der Waals surface area contributed by atoms with Gasteiger partial charge in [-0.2, -0.15) is 0 Å². The molecule has 40 heavy (non-hydrogen) atoms. The van der Waals surface area contributed by atoms with E-state index in [2.05, 4.69) is 20.9 Å². The van der Waals surface area contributed by atoms with Gasteiger partial charge in [0.2, 0.25) is 23.6 Å². The van der Waals surface area contributed by atoms with Crippen molar-refractivity contribution in [1.82, 2.24) is 20.9 Å². The first-order valence-electron chi connectivity index (χ1n) is 12.7. The van der Waals surface area contributed by atoms with Crippen molar-refractivity contribution >= 4 is 46.5 Å². The molecule has 0 bridgehead atoms. The summed E-state index contributed by atoms with van der Waals surface area (Å²) in [6.45, 7) is 3.59. The standard InChI is InChI=1S/C26H36N6O8/c1-13(2)9-19(31-24(37)18(7-8-21(28)33)30-23(36)16(27)11-22(34)35)25(38)32-20(26(39)40)10-14-12-29-17-6-4-3-5-15(14)17/h3-6,12-13,16,18-20,29H,7-11,27H2,1-2H3,(H2,28,33)(H,30,36)(H,31,37)(H,32,38)(H,34,35)(H,39,40). The summed E-state index contributed by atoms with van der Waals surface area (Å²) in [5, 5.41) is 26.8. The first-order chi connectivity index (χ1) is 18.8. The van der Waals surface area contributed by atoms with Crippen molar-refractivity contribution in [2.45, 2.75) is 70.1 Å². The van der Waals surface area contributed by atoms with Crippen LogP contribution in [0.15, 0.2) is 30.5 Å². The lowest BCUT2D eigenvalue weighted by atomic mass is 10.0. The largest absolute Gasteiger partial charge is 0.481 e. The summed E-state index contributed by atoms with van der Waals surface area (Å²) in [6.07, 6.45) is 0.557. The summed E-state index contributed by atoms with van der Waals surface area (Å²) in [5.74, 6) is -5.99. The van der Waals surface area contributed by atoms with Gasteiger partial charge in [0.25, 0.3) is 0 Å². The van der Waals surface area contributed by atoms with Crippen molar-refractivity contribution in [2.75, 3.05) is 0 Å². The van der Waals surface area contributed by atoms with Crippen LogP contribution in [0.3, 0.4) is 0 Å². The Morgan fingerprint density at radius 3 is 2.10 bits per heavy atom. The molecule has 2 aromatic rings. The summed E-state index contributed by atoms with van der Waals surface area (Å²) >= 11 is 0. The number of rotatable bonds is 16. The molecule has 2 rings (SSSR count). The Labute approximate surface area is 230 Å². The molecular formula is C26H36N6O8. The number of carboxylic acids is 2. The number of benzene rings is 1. The lowest BCUT2D eigenvalue weighted by Crippen LogP contribution is -2.57. The van der Waals surface area contributed by atoms with E-state index in [4.69, 9.17) is 16.6 Å². The van der Waals surface area contributed by atoms with Gasteiger partial charge in [-0.1, -0.05) is 32.0 Å². The molecule has 14 heteroatoms. The van der Waals surface area contributed by atoms with Gasteiger partial charge in [0.05, 0.1) is 12.5 Å². The molecule has 0 saturated carbocycles. The van der Waals surface area contributed by atoms with E-state index >= 15 is 0 Å². The highest BCUT2D eigenvalue weighted by atomic mass is 16.4. The second kappa shape index (κ2) is 14.6. The molecular weight excluding hydrogens is 524 g/mol. The average Bonchev–Trinajstić information content (AvgIpc) is 3.27. The van der Waals surface area contributed by atoms with Crippen LogP contribution >= 0.6 is 0 Å². The minimum absolute atomic E-state index is 0.0216. The number of hydrogen-bond donors (Lipinski definition) is 8. The van der Waals surface area contributed by atoms with Gasteiger partial charge in [-0.25, -0.2) is 4.79 Å². The van der Waals surface area contributed by atoms with Gasteiger partial charge in [0.15, 0.2) is 0 Å². The predicted octanol–water partition coefficient (Wildman–Crippen LogP) is -0.637. The number of primary amides is 1. The number of nitrogens with one attached hydrogen (secondary N) is 4. The van der Waals surface area contributed by atoms with E-state index < -0.39 is 66.2 Å². The van der Waals surface area contributed by atoms with Crippen LogP contribution in [0.5, 0.6) is 0 Å². The molecule has 14 nitrogen and oxygen atoms in total. The third-order valence-corrected chi connectivity index (χ3v) is 6.10. The second-order valence-electron chi connectivity index (χ2n) is 9.92. The third-order valence-electron chi connectivity index (χ3n) is 6.10. The topological polar surface area (TPSA) is 247 Å². The van der Waals surface area contributed by atoms with Crippen LogP contribution < -0.4 is 27.4 Å². The number of H-pyrrole nitrogens is 1. The molecule has 1 heterocycles. The Hall–Kier alpha value is -4.46. The maximum atomic E-state index is 13.2. The number of nitrogens with two attached hydrogens (primary N) is 2. The van der Waals surface area contributed by atoms with E-state index in [1.807, 2.05) is 24.3 Å². The maximum Gasteiger partial charge on any atom is 0.326 e. The summed E-state index contributed by atoms with van der Waals surface area (Å²) in [4.78, 5) is 76.0. The van der Waals surface area contributed by atoms with E-state index in [0.717, 1.165) is 10.9 Å². The maximum absolute atomic E-state index is 13.2. The fraction of sp³-hybridized carbons (Fsp3) is 0.462. The Balaban J connectivity index is 2.19. The molecule has 1 aromatic heterocycles. The molecule has 10 N–H and O–H groups in total. The van der Waals surface area contributed by atoms with Crippen molar-refractivity contribution in [3.05, 3.63) is 36.0 Å². The summed E-state index contributed by atoms with van der Waals surface area (Å²) < 4.78 is 0. The van der Waals surface area contributed by atoms with E-state index in [1.54, 1.807) is 20.0 Å². The molecule has 0 radical (unpaired) electrons. The molecule has 4 atom stereocenters. The average molecular weight is 561 g/mol. The van der Waals surface area contributed by atoms with Crippen molar-refractivity contribution in [3.63, 3.8) is 0 Å². The fourth-order valence-corrected chi connectivity index (χ4v) is 4.08. The minimum Gasteiger partial charge on any atom is -0.481 e. The molecule has 0 aliphatic carbocycles. The first-order valence-corrected chi connectivity index (χ1v) is 12.7. The van der Waals surface area contributed by atoms with Gasteiger partial charge in [-0.3, -0.25) is 24.0 Å². The number of aromatic amines is 1. The molecule has 0 aliphatic heterocycles. The highest BCUT2D eigenvalue weighted by Gasteiger charge is 2.31. The van der Waals surface area contributed by atoms with E-state index in [0.29, 0.717) is 5.56 Å². The summed E-state index contributed by atoms with van der Waals surface area (Å²) in [5.41, 5.74) is 12.2. The highest BCUT2D eigenvalue weighted by molar-refractivity contribution is 5.95. The van der Waals surface area contributed by atoms with E-state index in [1.165, 1.54) is 0 Å². The smallest absolute Gasteiger partial charge is 0.326 e. The highest BCUT2D eigenvalue weighted by Crippen LogP contribution is 2.19. The summed E-state index contributed by atoms with van der Waals surface area (Å²) in [6, 6.07) is 1.99. The Morgan fingerprint density at radius 2 is 1.50 bits per heavy atom. The van der Waals surface area contributed by atoms with Gasteiger partial charge in [0.1, 0.15) is 18.1 Å². The monoisotopic (exact) mass is 560 g/mol. The normalized spacial score (nSPS) is 14.1. The van der Waals surface area contributed by atoms with Gasteiger partial charge in [-0.05, 0) is 30.4 Å². The zero-order chi connectivity index (χ0) is 30.0. The van der Waals surface area contributed by atoms with Gasteiger partial charge >= 0.3 is 11.9 Å². The summed E-state index contributed by atoms with van der Waals surface area (Å²) in [7, 11) is 0. The van der Waals surface area contributed by atoms with Crippen molar-refractivity contribution in [2.24, 2.45) is 17.4 Å². The fourth-order valence-electron chi connectivity index (χ4n) is 4.08. The number of fused-ring (bicyclic) bond motifs is 1. The lowest BCUT2D eigenvalue weighted by molar-refractivity contribution is -0.142. The van der Waals surface area contributed by atoms with Crippen LogP contribution in [0, 0.1) is 5.92 Å². The molecule has 0 spiro atoms. The number of amides is 4. The van der Waals surface area contributed by atoms with E-state index in [9.17, 15) is 33.9 Å². The third kappa shape index (κ3) is 9.69. The van der Waals surface area contributed by atoms with Crippen LogP contribution in [0.2, 0.25) is 0 Å². The van der Waals surface area contributed by atoms with Gasteiger partial charge in [0, 0.05) is 29.9 Å². The van der Waals surface area contributed by atoms with Crippen LogP contribution in [-0.2, 0) is 35.2 Å². The number of para-hydroxylation sites is 1. The van der Waals surface area contributed by atoms with E-state index in [-0.39, 0.29) is 31.6 Å². The van der Waals surface area contributed by atoms with Crippen molar-refractivity contribution in [1.29, 1.82) is 0 Å². The Morgan fingerprint density at radius 1 is 0.900 bits per heavy atom. The molecule has 4 amide bonds. The minimum atomic E-state index is -1.46. The number of aliphatic carboxylic acids is 2. The lowest BCUT2D eigenvalue weighted by Gasteiger charge is -2.26. The molecule has 0 aliphatic rings. The number of carboxylic acid groups (broad SMARTS) is 2. The van der Waals surface area contributed by atoms with Crippen LogP contribution in [0.25, 0.3) is 10.9 Å². The second-order valence-corrected chi connectivity index (χ2v) is 9.92. The molecule has 1 aromatic carbocycles. The van der Waals surface area contributed by atoms with Crippen LogP contribution in [-0.4, -0.2) is 74.9 Å². The first kappa shape index (κ1) is 31.8. The Kier molecular flexibility index (Phi) is 11.6. The van der Waals surface area contributed by atoms with Crippen LogP contribution in [0.4, 0.5) is 0 Å². The number of hydrogen-bond acceptors (Lipinski definition) is 7. The molecule has 218 valence electrons. The zero-order valence-electron chi connectivity index (χ0n) is 22.3. The van der Waals surface area contributed by atoms with Gasteiger partial charge < -0.3 is 42.6 Å². The van der Waals surface area contributed by atoms with Crippen molar-refractivity contribution < 1.29 is 39.0 Å². The van der Waals surface area contributed by atoms with Crippen LogP contribution in [0.1, 0.15) is 45.1 Å². The molecule has 0 saturated heterocycles. The quantitative estimate of drug-likeness (QED) is 0.130. The number of carbonyl (C=O) groups excluding carboxylic acids is 4. The number of carbonyl (C=O) groups is 6. The SMILES string of the molecule is CC(C)CC(NC(=O)C(CCC(N)=O)NC(=O)C(N)CC(=O)O)C(=O)NC(Cc1c[nH]c2ccccc12)C(=O)O. The Bertz CT molecular complexity index is 1240. The van der Waals surface area contributed by atoms with Gasteiger partial charge in [-0.15, -0.1) is 0 Å². The zero-order valence-corrected chi connectivity index (χ0v) is 22.3. The van der Waals surface area contributed by atoms with Crippen molar-refractivity contribution in [3.8, 4) is 0 Å². The molecule has 4 unspecified atom stereocenters. The predicted molar refractivity (Wildman–Crippen MR) is 144 cm³/mol.